The number of hydrogen-bond acceptors (Lipinski definition) is 4. The van der Waals surface area contributed by atoms with Gasteiger partial charge in [0.05, 0.1) is 22.3 Å². The third-order valence-corrected chi connectivity index (χ3v) is 8.57. The number of thiophene rings is 1. The van der Waals surface area contributed by atoms with Crippen LogP contribution in [0.5, 0.6) is 0 Å². The molecule has 1 atom stereocenters. The number of anilines is 1. The molecule has 1 aliphatic rings. The second-order valence-electron chi connectivity index (χ2n) is 10.2. The highest BCUT2D eigenvalue weighted by Gasteiger charge is 2.32. The number of hydrogen-bond donors (Lipinski definition) is 1. The molecule has 0 saturated heterocycles. The molecule has 2 aromatic carbocycles. The first-order valence-corrected chi connectivity index (χ1v) is 13.4. The number of amides is 1. The summed E-state index contributed by atoms with van der Waals surface area (Å²) in [6.45, 7) is 6.84. The zero-order valence-corrected chi connectivity index (χ0v) is 22.4. The quantitative estimate of drug-likeness (QED) is 0.284. The number of nitrogens with zero attached hydrogens (tertiary/aromatic N) is 2. The zero-order valence-electron chi connectivity index (χ0n) is 20.0. The van der Waals surface area contributed by atoms with Crippen LogP contribution in [0.2, 0.25) is 0 Å². The fourth-order valence-electron chi connectivity index (χ4n) is 4.86. The summed E-state index contributed by atoms with van der Waals surface area (Å²) in [7, 11) is 0. The van der Waals surface area contributed by atoms with Crippen molar-refractivity contribution in [3.63, 3.8) is 0 Å². The average Bonchev–Trinajstić information content (AvgIpc) is 3.18. The van der Waals surface area contributed by atoms with E-state index in [1.165, 1.54) is 4.88 Å². The van der Waals surface area contributed by atoms with E-state index in [1.807, 2.05) is 54.6 Å². The Kier molecular flexibility index (Phi) is 6.25. The van der Waals surface area contributed by atoms with Crippen molar-refractivity contribution in [3.8, 4) is 17.3 Å². The van der Waals surface area contributed by atoms with E-state index in [0.717, 1.165) is 51.5 Å². The van der Waals surface area contributed by atoms with Crippen LogP contribution in [-0.2, 0) is 12.8 Å². The maximum Gasteiger partial charge on any atom is 0.257 e. The first kappa shape index (κ1) is 23.7. The highest BCUT2D eigenvalue weighted by atomic mass is 79.9. The minimum Gasteiger partial charge on any atom is -0.312 e. The van der Waals surface area contributed by atoms with E-state index in [2.05, 4.69) is 48.1 Å². The molecule has 1 unspecified atom stereocenters. The topological polar surface area (TPSA) is 65.8 Å². The largest absolute Gasteiger partial charge is 0.312 e. The number of fused-ring (bicyclic) bond motifs is 2. The van der Waals surface area contributed by atoms with Gasteiger partial charge in [-0.05, 0) is 60.4 Å². The number of aromatic nitrogens is 1. The van der Waals surface area contributed by atoms with Gasteiger partial charge in [-0.1, -0.05) is 67.0 Å². The molecule has 6 heteroatoms. The molecular weight excluding hydrogens is 518 g/mol. The van der Waals surface area contributed by atoms with E-state index in [1.54, 1.807) is 11.3 Å². The van der Waals surface area contributed by atoms with E-state index in [4.69, 9.17) is 4.98 Å². The molecular formula is C29H26BrN3OS. The molecule has 0 saturated carbocycles. The van der Waals surface area contributed by atoms with Gasteiger partial charge in [0, 0.05) is 20.3 Å². The molecule has 176 valence electrons. The van der Waals surface area contributed by atoms with Gasteiger partial charge in [0.2, 0.25) is 0 Å². The molecule has 1 aliphatic carbocycles. The van der Waals surface area contributed by atoms with Gasteiger partial charge in [-0.25, -0.2) is 4.98 Å². The fourth-order valence-corrected chi connectivity index (χ4v) is 6.53. The molecule has 0 bridgehead atoms. The molecule has 5 rings (SSSR count). The number of nitriles is 1. The van der Waals surface area contributed by atoms with Crippen molar-refractivity contribution in [1.29, 1.82) is 5.26 Å². The van der Waals surface area contributed by atoms with E-state index in [-0.39, 0.29) is 11.3 Å². The van der Waals surface area contributed by atoms with Crippen LogP contribution in [-0.4, -0.2) is 10.9 Å². The third-order valence-electron chi connectivity index (χ3n) is 6.91. The summed E-state index contributed by atoms with van der Waals surface area (Å²) in [5, 5.41) is 14.5. The standard InChI is InChI=1S/C29H26BrN3OS/c1-29(2,3)18-11-12-21-23(16-31)28(35-26(21)14-18)33-27(34)22-15-25(17-7-6-8-19(30)13-17)32-24-10-5-4-9-20(22)24/h4-10,13,15,18H,11-12,14H2,1-3H3,(H,33,34). The zero-order chi connectivity index (χ0) is 24.7. The van der Waals surface area contributed by atoms with Crippen molar-refractivity contribution in [2.75, 3.05) is 5.32 Å². The lowest BCUT2D eigenvalue weighted by molar-refractivity contribution is 0.102. The Morgan fingerprint density at radius 1 is 1.17 bits per heavy atom. The van der Waals surface area contributed by atoms with Crippen molar-refractivity contribution in [1.82, 2.24) is 4.98 Å². The maximum absolute atomic E-state index is 13.6. The number of pyridine rings is 1. The Bertz CT molecular complexity index is 1490. The number of carbonyl (C=O) groups excluding carboxylic acids is 1. The van der Waals surface area contributed by atoms with Crippen LogP contribution in [0.4, 0.5) is 5.00 Å². The van der Waals surface area contributed by atoms with Crippen LogP contribution < -0.4 is 5.32 Å². The van der Waals surface area contributed by atoms with Crippen LogP contribution in [0.1, 0.15) is 53.6 Å². The van der Waals surface area contributed by atoms with Crippen molar-refractivity contribution < 1.29 is 4.79 Å². The summed E-state index contributed by atoms with van der Waals surface area (Å²) in [5.41, 5.74) is 4.92. The highest BCUT2D eigenvalue weighted by Crippen LogP contribution is 2.44. The van der Waals surface area contributed by atoms with Gasteiger partial charge in [-0.15, -0.1) is 11.3 Å². The first-order chi connectivity index (χ1) is 16.7. The summed E-state index contributed by atoms with van der Waals surface area (Å²) in [6, 6.07) is 19.8. The predicted molar refractivity (Wildman–Crippen MR) is 147 cm³/mol. The minimum atomic E-state index is -0.220. The molecule has 0 radical (unpaired) electrons. The van der Waals surface area contributed by atoms with Gasteiger partial charge in [0.25, 0.3) is 5.91 Å². The second-order valence-corrected chi connectivity index (χ2v) is 12.2. The molecule has 2 heterocycles. The number of rotatable bonds is 3. The molecule has 1 N–H and O–H groups in total. The van der Waals surface area contributed by atoms with Crippen LogP contribution in [0.15, 0.2) is 59.1 Å². The van der Waals surface area contributed by atoms with Crippen LogP contribution in [0, 0.1) is 22.7 Å². The van der Waals surface area contributed by atoms with E-state index < -0.39 is 0 Å². The summed E-state index contributed by atoms with van der Waals surface area (Å²) >= 11 is 5.09. The lowest BCUT2D eigenvalue weighted by atomic mass is 9.72. The lowest BCUT2D eigenvalue weighted by Gasteiger charge is -2.33. The van der Waals surface area contributed by atoms with Crippen molar-refractivity contribution >= 4 is 49.1 Å². The van der Waals surface area contributed by atoms with Crippen LogP contribution >= 0.6 is 27.3 Å². The molecule has 4 aromatic rings. The number of halogens is 1. The van der Waals surface area contributed by atoms with Gasteiger partial charge < -0.3 is 5.32 Å². The summed E-state index contributed by atoms with van der Waals surface area (Å²) in [6.07, 6.45) is 2.91. The smallest absolute Gasteiger partial charge is 0.257 e. The van der Waals surface area contributed by atoms with Gasteiger partial charge >= 0.3 is 0 Å². The molecule has 0 spiro atoms. The monoisotopic (exact) mass is 543 g/mol. The average molecular weight is 545 g/mol. The molecule has 2 aromatic heterocycles. The Labute approximate surface area is 218 Å². The molecule has 4 nitrogen and oxygen atoms in total. The normalized spacial score (nSPS) is 15.5. The van der Waals surface area contributed by atoms with Gasteiger partial charge in [-0.2, -0.15) is 5.26 Å². The SMILES string of the molecule is CC(C)(C)C1CCc2c(sc(NC(=O)c3cc(-c4cccc(Br)c4)nc4ccccc34)c2C#N)C1. The van der Waals surface area contributed by atoms with E-state index in [9.17, 15) is 10.1 Å². The van der Waals surface area contributed by atoms with Crippen LogP contribution in [0.25, 0.3) is 22.2 Å². The predicted octanol–water partition coefficient (Wildman–Crippen LogP) is 8.00. The molecule has 1 amide bonds. The number of benzene rings is 2. The summed E-state index contributed by atoms with van der Waals surface area (Å²) in [4.78, 5) is 19.7. The molecule has 35 heavy (non-hydrogen) atoms. The van der Waals surface area contributed by atoms with Crippen molar-refractivity contribution in [2.24, 2.45) is 11.3 Å². The van der Waals surface area contributed by atoms with Crippen LogP contribution in [0.3, 0.4) is 0 Å². The van der Waals surface area contributed by atoms with Gasteiger partial charge in [0.15, 0.2) is 0 Å². The second kappa shape index (κ2) is 9.22. The van der Waals surface area contributed by atoms with E-state index in [0.29, 0.717) is 22.0 Å². The minimum absolute atomic E-state index is 0.219. The highest BCUT2D eigenvalue weighted by molar-refractivity contribution is 9.10. The summed E-state index contributed by atoms with van der Waals surface area (Å²) in [5.74, 6) is 0.350. The fraction of sp³-hybridized carbons (Fsp3) is 0.276. The third kappa shape index (κ3) is 4.63. The lowest BCUT2D eigenvalue weighted by Crippen LogP contribution is -2.26. The molecule has 0 aliphatic heterocycles. The Morgan fingerprint density at radius 3 is 2.71 bits per heavy atom. The van der Waals surface area contributed by atoms with Gasteiger partial charge in [-0.3, -0.25) is 4.79 Å². The van der Waals surface area contributed by atoms with E-state index >= 15 is 0 Å². The number of carbonyl (C=O) groups is 1. The van der Waals surface area contributed by atoms with Gasteiger partial charge in [0.1, 0.15) is 11.1 Å². The van der Waals surface area contributed by atoms with Crippen molar-refractivity contribution in [3.05, 3.63) is 80.6 Å². The Balaban J connectivity index is 1.54. The van der Waals surface area contributed by atoms with Crippen molar-refractivity contribution in [2.45, 2.75) is 40.0 Å². The number of nitrogens with one attached hydrogen (secondary N) is 1. The Hall–Kier alpha value is -3.01. The maximum atomic E-state index is 13.6. The molecule has 0 fully saturated rings. The summed E-state index contributed by atoms with van der Waals surface area (Å²) < 4.78 is 0.951. The first-order valence-electron chi connectivity index (χ1n) is 11.8. The number of para-hydroxylation sites is 1. The Morgan fingerprint density at radius 2 is 1.97 bits per heavy atom.